The van der Waals surface area contributed by atoms with Gasteiger partial charge in [0.1, 0.15) is 0 Å². The third-order valence-electron chi connectivity index (χ3n) is 5.29. The summed E-state index contributed by atoms with van der Waals surface area (Å²) in [6, 6.07) is 24.8. The molecule has 0 aliphatic heterocycles. The van der Waals surface area contributed by atoms with Crippen LogP contribution in [0.1, 0.15) is 33.5 Å². The molecule has 6 nitrogen and oxygen atoms in total. The van der Waals surface area contributed by atoms with Gasteiger partial charge in [0.15, 0.2) is 0 Å². The van der Waals surface area contributed by atoms with E-state index in [1.165, 1.54) is 0 Å². The third-order valence-corrected chi connectivity index (χ3v) is 5.29. The molecule has 1 heterocycles. The first-order chi connectivity index (χ1) is 16.1. The Bertz CT molecular complexity index is 1230. The Morgan fingerprint density at radius 1 is 0.909 bits per heavy atom. The number of hydrogen-bond acceptors (Lipinski definition) is 3. The van der Waals surface area contributed by atoms with E-state index < -0.39 is 0 Å². The number of benzene rings is 3. The topological polar surface area (TPSA) is 76.0 Å². The highest BCUT2D eigenvalue weighted by molar-refractivity contribution is 6.04. The molecule has 0 fully saturated rings. The van der Waals surface area contributed by atoms with Crippen LogP contribution in [0, 0.1) is 6.92 Å². The molecule has 166 valence electrons. The maximum atomic E-state index is 12.4. The number of para-hydroxylation sites is 1. The van der Waals surface area contributed by atoms with Gasteiger partial charge in [-0.25, -0.2) is 4.68 Å². The van der Waals surface area contributed by atoms with Gasteiger partial charge in [-0.3, -0.25) is 9.59 Å². The zero-order valence-electron chi connectivity index (χ0n) is 18.5. The molecule has 0 radical (unpaired) electrons. The van der Waals surface area contributed by atoms with Crippen LogP contribution in [0.5, 0.6) is 0 Å². The number of carbonyl (C=O) groups excluding carboxylic acids is 2. The fourth-order valence-electron chi connectivity index (χ4n) is 3.43. The maximum Gasteiger partial charge on any atom is 0.255 e. The molecule has 3 aromatic carbocycles. The summed E-state index contributed by atoms with van der Waals surface area (Å²) >= 11 is 0. The van der Waals surface area contributed by atoms with Crippen molar-refractivity contribution >= 4 is 17.5 Å². The van der Waals surface area contributed by atoms with Crippen LogP contribution >= 0.6 is 0 Å². The van der Waals surface area contributed by atoms with E-state index in [0.717, 1.165) is 22.4 Å². The van der Waals surface area contributed by atoms with E-state index in [4.69, 9.17) is 0 Å². The van der Waals surface area contributed by atoms with E-state index in [2.05, 4.69) is 15.7 Å². The first kappa shape index (κ1) is 22.0. The zero-order valence-corrected chi connectivity index (χ0v) is 18.5. The van der Waals surface area contributed by atoms with Gasteiger partial charge in [-0.05, 0) is 60.9 Å². The van der Waals surface area contributed by atoms with Crippen LogP contribution in [-0.4, -0.2) is 21.6 Å². The van der Waals surface area contributed by atoms with Gasteiger partial charge >= 0.3 is 0 Å². The Balaban J connectivity index is 1.26. The lowest BCUT2D eigenvalue weighted by Gasteiger charge is -2.09. The number of nitrogens with one attached hydrogen (secondary N) is 2. The summed E-state index contributed by atoms with van der Waals surface area (Å²) in [6.07, 6.45) is 4.74. The molecule has 2 N–H and O–H groups in total. The van der Waals surface area contributed by atoms with Crippen molar-refractivity contribution in [2.24, 2.45) is 0 Å². The molecule has 33 heavy (non-hydrogen) atoms. The normalized spacial score (nSPS) is 10.6. The van der Waals surface area contributed by atoms with Crippen molar-refractivity contribution in [3.63, 3.8) is 0 Å². The van der Waals surface area contributed by atoms with Gasteiger partial charge in [0.25, 0.3) is 5.91 Å². The third kappa shape index (κ3) is 6.17. The minimum atomic E-state index is -0.160. The van der Waals surface area contributed by atoms with Crippen molar-refractivity contribution in [2.45, 2.75) is 26.3 Å². The molecule has 0 aliphatic carbocycles. The molecule has 0 bridgehead atoms. The molecule has 1 aromatic heterocycles. The Labute approximate surface area is 193 Å². The molecule has 4 aromatic rings. The highest BCUT2D eigenvalue weighted by Gasteiger charge is 2.08. The lowest BCUT2D eigenvalue weighted by atomic mass is 10.1. The van der Waals surface area contributed by atoms with Gasteiger partial charge < -0.3 is 10.6 Å². The second-order valence-corrected chi connectivity index (χ2v) is 7.93. The molecule has 2 amide bonds. The number of amides is 2. The van der Waals surface area contributed by atoms with E-state index in [0.29, 0.717) is 30.6 Å². The first-order valence-corrected chi connectivity index (χ1v) is 10.9. The highest BCUT2D eigenvalue weighted by Crippen LogP contribution is 2.13. The number of aryl methyl sites for hydroxylation is 2. The van der Waals surface area contributed by atoms with E-state index in [1.807, 2.05) is 84.5 Å². The largest absolute Gasteiger partial charge is 0.352 e. The molecule has 0 saturated carbocycles. The SMILES string of the molecule is Cc1ccc(C(=O)Nc2cccc(CNC(=O)CCc3cnn(-c4ccccc4)c3)c2)cc1. The minimum absolute atomic E-state index is 0.0310. The Morgan fingerprint density at radius 2 is 1.70 bits per heavy atom. The van der Waals surface area contributed by atoms with Gasteiger partial charge in [0.05, 0.1) is 11.9 Å². The van der Waals surface area contributed by atoms with Crippen molar-refractivity contribution in [3.8, 4) is 5.69 Å². The molecular formula is C27H26N4O2. The van der Waals surface area contributed by atoms with Crippen LogP contribution in [0.4, 0.5) is 5.69 Å². The summed E-state index contributed by atoms with van der Waals surface area (Å²) in [5.74, 6) is -0.191. The molecule has 6 heteroatoms. The van der Waals surface area contributed by atoms with Crippen molar-refractivity contribution in [1.82, 2.24) is 15.1 Å². The van der Waals surface area contributed by atoms with Gasteiger partial charge in [0, 0.05) is 30.4 Å². The summed E-state index contributed by atoms with van der Waals surface area (Å²) in [5, 5.41) is 10.2. The number of anilines is 1. The van der Waals surface area contributed by atoms with E-state index in [-0.39, 0.29) is 11.8 Å². The van der Waals surface area contributed by atoms with Crippen LogP contribution in [0.15, 0.2) is 91.3 Å². The fourth-order valence-corrected chi connectivity index (χ4v) is 3.43. The lowest BCUT2D eigenvalue weighted by molar-refractivity contribution is -0.121. The predicted octanol–water partition coefficient (Wildman–Crippen LogP) is 4.68. The van der Waals surface area contributed by atoms with Crippen molar-refractivity contribution < 1.29 is 9.59 Å². The molecule has 0 atom stereocenters. The molecule has 0 aliphatic rings. The van der Waals surface area contributed by atoms with Gasteiger partial charge in [-0.15, -0.1) is 0 Å². The van der Waals surface area contributed by atoms with Gasteiger partial charge in [-0.1, -0.05) is 48.0 Å². The average Bonchev–Trinajstić information content (AvgIpc) is 3.32. The predicted molar refractivity (Wildman–Crippen MR) is 129 cm³/mol. The van der Waals surface area contributed by atoms with E-state index >= 15 is 0 Å². The first-order valence-electron chi connectivity index (χ1n) is 10.9. The molecule has 0 saturated heterocycles. The number of nitrogens with zero attached hydrogens (tertiary/aromatic N) is 2. The summed E-state index contributed by atoms with van der Waals surface area (Å²) in [5.41, 5.74) is 5.32. The standard InChI is InChI=1S/C27H26N4O2/c1-20-10-13-23(14-11-20)27(33)30-24-7-5-6-21(16-24)17-28-26(32)15-12-22-18-29-31(19-22)25-8-3-2-4-9-25/h2-11,13-14,16,18-19H,12,15,17H2,1H3,(H,28,32)(H,30,33). The van der Waals surface area contributed by atoms with Crippen molar-refractivity contribution in [2.75, 3.05) is 5.32 Å². The summed E-state index contributed by atoms with van der Waals surface area (Å²) < 4.78 is 1.81. The second-order valence-electron chi connectivity index (χ2n) is 7.93. The van der Waals surface area contributed by atoms with E-state index in [9.17, 15) is 9.59 Å². The number of aromatic nitrogens is 2. The van der Waals surface area contributed by atoms with Crippen molar-refractivity contribution in [3.05, 3.63) is 114 Å². The average molecular weight is 439 g/mol. The zero-order chi connectivity index (χ0) is 23.0. The summed E-state index contributed by atoms with van der Waals surface area (Å²) in [4.78, 5) is 24.8. The number of hydrogen-bond donors (Lipinski definition) is 2. The number of carbonyl (C=O) groups is 2. The van der Waals surface area contributed by atoms with Gasteiger partial charge in [-0.2, -0.15) is 5.10 Å². The molecular weight excluding hydrogens is 412 g/mol. The fraction of sp³-hybridized carbons (Fsp3) is 0.148. The van der Waals surface area contributed by atoms with Crippen LogP contribution < -0.4 is 10.6 Å². The molecule has 0 unspecified atom stereocenters. The Morgan fingerprint density at radius 3 is 2.48 bits per heavy atom. The smallest absolute Gasteiger partial charge is 0.255 e. The lowest BCUT2D eigenvalue weighted by Crippen LogP contribution is -2.23. The highest BCUT2D eigenvalue weighted by atomic mass is 16.2. The van der Waals surface area contributed by atoms with Crippen molar-refractivity contribution in [1.29, 1.82) is 0 Å². The quantitative estimate of drug-likeness (QED) is 0.419. The Kier molecular flexibility index (Phi) is 6.95. The van der Waals surface area contributed by atoms with Crippen LogP contribution in [-0.2, 0) is 17.8 Å². The molecule has 0 spiro atoms. The van der Waals surface area contributed by atoms with Crippen LogP contribution in [0.25, 0.3) is 5.69 Å². The van der Waals surface area contributed by atoms with Crippen LogP contribution in [0.3, 0.4) is 0 Å². The second kappa shape index (κ2) is 10.4. The van der Waals surface area contributed by atoms with E-state index in [1.54, 1.807) is 18.3 Å². The van der Waals surface area contributed by atoms with Crippen LogP contribution in [0.2, 0.25) is 0 Å². The minimum Gasteiger partial charge on any atom is -0.352 e. The Hall–Kier alpha value is -4.19. The molecule has 4 rings (SSSR count). The number of rotatable bonds is 8. The monoisotopic (exact) mass is 438 g/mol. The maximum absolute atomic E-state index is 12.4. The summed E-state index contributed by atoms with van der Waals surface area (Å²) in [7, 11) is 0. The summed E-state index contributed by atoms with van der Waals surface area (Å²) in [6.45, 7) is 2.38. The van der Waals surface area contributed by atoms with Gasteiger partial charge in [0.2, 0.25) is 5.91 Å².